The fourth-order valence-electron chi connectivity index (χ4n) is 0.450. The lowest BCUT2D eigenvalue weighted by Gasteiger charge is -1.94. The molecule has 0 saturated carbocycles. The molecule has 0 aliphatic rings. The van der Waals surface area contributed by atoms with Gasteiger partial charge in [-0.3, -0.25) is 10.1 Å². The Kier molecular flexibility index (Phi) is 2.33. The summed E-state index contributed by atoms with van der Waals surface area (Å²) < 4.78 is 0. The number of aromatic nitrogens is 1. The third-order valence-corrected chi connectivity index (χ3v) is 1.88. The second kappa shape index (κ2) is 3.06. The van der Waals surface area contributed by atoms with Gasteiger partial charge in [-0.2, -0.15) is 0 Å². The second-order valence-corrected chi connectivity index (χ2v) is 2.51. The quantitative estimate of drug-likeness (QED) is 0.636. The highest BCUT2D eigenvalue weighted by Crippen LogP contribution is 2.20. The van der Waals surface area contributed by atoms with E-state index < -0.39 is 0 Å². The van der Waals surface area contributed by atoms with Gasteiger partial charge in [0.1, 0.15) is 0 Å². The predicted octanol–water partition coefficient (Wildman–Crippen LogP) is 1.70. The molecule has 9 heavy (non-hydrogen) atoms. The van der Waals surface area contributed by atoms with Crippen LogP contribution in [0.15, 0.2) is 23.4 Å². The zero-order chi connectivity index (χ0) is 6.69. The molecule has 1 rings (SSSR count). The molecule has 0 aliphatic heterocycles. The molecule has 0 aliphatic carbocycles. The summed E-state index contributed by atoms with van der Waals surface area (Å²) in [6, 6.07) is 1.71. The largest absolute Gasteiger partial charge is 0.273 e. The Morgan fingerprint density at radius 3 is 2.89 bits per heavy atom. The average Bonchev–Trinajstić information content (AvgIpc) is 1.89. The molecule has 0 bridgehead atoms. The van der Waals surface area contributed by atoms with E-state index in [9.17, 15) is 0 Å². The molecule has 0 amide bonds. The third-order valence-electron chi connectivity index (χ3n) is 0.861. The number of pyridine rings is 1. The summed E-state index contributed by atoms with van der Waals surface area (Å²) in [5, 5.41) is 5.89. The minimum absolute atomic E-state index is 0.650. The zero-order valence-corrected chi connectivity index (χ0v) is 6.12. The average molecular weight is 161 g/mol. The zero-order valence-electron chi connectivity index (χ0n) is 4.54. The number of hydrogen-bond donors (Lipinski definition) is 1. The van der Waals surface area contributed by atoms with E-state index in [2.05, 4.69) is 4.98 Å². The van der Waals surface area contributed by atoms with Crippen molar-refractivity contribution in [2.24, 2.45) is 5.14 Å². The lowest BCUT2D eigenvalue weighted by atomic mass is 10.5. The molecule has 2 N–H and O–H groups in total. The van der Waals surface area contributed by atoms with Crippen LogP contribution in [0, 0.1) is 0 Å². The van der Waals surface area contributed by atoms with Crippen molar-refractivity contribution in [3.63, 3.8) is 0 Å². The maximum absolute atomic E-state index is 5.68. The van der Waals surface area contributed by atoms with Crippen LogP contribution in [0.5, 0.6) is 0 Å². The van der Waals surface area contributed by atoms with E-state index in [4.69, 9.17) is 16.7 Å². The first-order chi connectivity index (χ1) is 4.34. The smallest absolute Gasteiger partial charge is 0.0595 e. The van der Waals surface area contributed by atoms with E-state index in [0.717, 1.165) is 16.8 Å². The standard InChI is InChI=1S/C5H5ClN2S/c6-4-1-2-8-3-5(4)9-7/h1-3H,7H2. The molecule has 0 aromatic carbocycles. The molecule has 1 heterocycles. The number of halogens is 1. The van der Waals surface area contributed by atoms with Crippen molar-refractivity contribution in [3.8, 4) is 0 Å². The van der Waals surface area contributed by atoms with Crippen molar-refractivity contribution in [1.82, 2.24) is 4.98 Å². The number of hydrogen-bond acceptors (Lipinski definition) is 3. The first-order valence-electron chi connectivity index (χ1n) is 2.31. The summed E-state index contributed by atoms with van der Waals surface area (Å²) in [5.41, 5.74) is 0. The summed E-state index contributed by atoms with van der Waals surface area (Å²) in [6.07, 6.45) is 3.26. The van der Waals surface area contributed by atoms with Gasteiger partial charge in [-0.1, -0.05) is 11.6 Å². The van der Waals surface area contributed by atoms with Crippen molar-refractivity contribution >= 4 is 23.5 Å². The Labute approximate surface area is 62.6 Å². The molecule has 0 spiro atoms. The fraction of sp³-hybridized carbons (Fsp3) is 0. The van der Waals surface area contributed by atoms with Crippen molar-refractivity contribution in [2.45, 2.75) is 4.90 Å². The van der Waals surface area contributed by atoms with Gasteiger partial charge in [-0.05, 0) is 18.0 Å². The molecule has 0 fully saturated rings. The number of nitrogens with zero attached hydrogens (tertiary/aromatic N) is 1. The van der Waals surface area contributed by atoms with Crippen LogP contribution in [0.25, 0.3) is 0 Å². The summed E-state index contributed by atoms with van der Waals surface area (Å²) >= 11 is 6.78. The van der Waals surface area contributed by atoms with Crippen LogP contribution in [0.4, 0.5) is 0 Å². The fourth-order valence-corrected chi connectivity index (χ4v) is 0.991. The summed E-state index contributed by atoms with van der Waals surface area (Å²) in [5.74, 6) is 0. The van der Waals surface area contributed by atoms with Gasteiger partial charge in [0, 0.05) is 12.4 Å². The molecule has 0 saturated heterocycles. The van der Waals surface area contributed by atoms with E-state index in [1.807, 2.05) is 0 Å². The van der Waals surface area contributed by atoms with Gasteiger partial charge in [-0.15, -0.1) is 0 Å². The maximum atomic E-state index is 5.68. The van der Waals surface area contributed by atoms with Gasteiger partial charge >= 0.3 is 0 Å². The lowest BCUT2D eigenvalue weighted by molar-refractivity contribution is 1.24. The van der Waals surface area contributed by atoms with Gasteiger partial charge in [0.2, 0.25) is 0 Å². The molecule has 1 aromatic rings. The number of rotatable bonds is 1. The SMILES string of the molecule is NSc1cnccc1Cl. The maximum Gasteiger partial charge on any atom is 0.0595 e. The van der Waals surface area contributed by atoms with Crippen LogP contribution in [-0.2, 0) is 0 Å². The Hall–Kier alpha value is -0.250. The van der Waals surface area contributed by atoms with Gasteiger partial charge in [0.15, 0.2) is 0 Å². The second-order valence-electron chi connectivity index (χ2n) is 1.42. The topological polar surface area (TPSA) is 38.9 Å². The minimum atomic E-state index is 0.650. The van der Waals surface area contributed by atoms with Crippen molar-refractivity contribution < 1.29 is 0 Å². The van der Waals surface area contributed by atoms with Crippen LogP contribution >= 0.6 is 23.5 Å². The lowest BCUT2D eigenvalue weighted by Crippen LogP contribution is -1.81. The van der Waals surface area contributed by atoms with Crippen molar-refractivity contribution in [1.29, 1.82) is 0 Å². The Morgan fingerprint density at radius 1 is 1.67 bits per heavy atom. The number of nitrogens with two attached hydrogens (primary N) is 1. The molecule has 48 valence electrons. The van der Waals surface area contributed by atoms with E-state index in [-0.39, 0.29) is 0 Å². The Bertz CT molecular complexity index is 204. The first kappa shape index (κ1) is 6.86. The van der Waals surface area contributed by atoms with Crippen LogP contribution in [0.1, 0.15) is 0 Å². The molecule has 2 nitrogen and oxygen atoms in total. The van der Waals surface area contributed by atoms with E-state index in [1.165, 1.54) is 0 Å². The van der Waals surface area contributed by atoms with Gasteiger partial charge in [-0.25, -0.2) is 0 Å². The molecule has 4 heteroatoms. The van der Waals surface area contributed by atoms with Crippen LogP contribution in [0.3, 0.4) is 0 Å². The molecule has 0 radical (unpaired) electrons. The summed E-state index contributed by atoms with van der Waals surface area (Å²) in [4.78, 5) is 4.64. The van der Waals surface area contributed by atoms with Gasteiger partial charge in [0.25, 0.3) is 0 Å². The van der Waals surface area contributed by atoms with E-state index in [1.54, 1.807) is 18.5 Å². The summed E-state index contributed by atoms with van der Waals surface area (Å²) in [7, 11) is 0. The molecule has 0 unspecified atom stereocenters. The van der Waals surface area contributed by atoms with Crippen LogP contribution < -0.4 is 5.14 Å². The Balaban J connectivity index is 3.01. The molecule has 0 atom stereocenters. The third kappa shape index (κ3) is 1.58. The van der Waals surface area contributed by atoms with Gasteiger partial charge < -0.3 is 0 Å². The van der Waals surface area contributed by atoms with E-state index >= 15 is 0 Å². The van der Waals surface area contributed by atoms with Crippen molar-refractivity contribution in [3.05, 3.63) is 23.5 Å². The molecule has 1 aromatic heterocycles. The normalized spacial score (nSPS) is 9.56. The van der Waals surface area contributed by atoms with E-state index in [0.29, 0.717) is 5.02 Å². The highest BCUT2D eigenvalue weighted by molar-refractivity contribution is 7.97. The minimum Gasteiger partial charge on any atom is -0.273 e. The highest BCUT2D eigenvalue weighted by Gasteiger charge is 1.94. The highest BCUT2D eigenvalue weighted by atomic mass is 35.5. The monoisotopic (exact) mass is 160 g/mol. The van der Waals surface area contributed by atoms with Crippen LogP contribution in [-0.4, -0.2) is 4.98 Å². The van der Waals surface area contributed by atoms with Crippen molar-refractivity contribution in [2.75, 3.05) is 0 Å². The Morgan fingerprint density at radius 2 is 2.44 bits per heavy atom. The first-order valence-corrected chi connectivity index (χ1v) is 3.56. The molecular formula is C5H5ClN2S. The van der Waals surface area contributed by atoms with Gasteiger partial charge in [0.05, 0.1) is 9.92 Å². The molecular weight excluding hydrogens is 156 g/mol. The predicted molar refractivity (Wildman–Crippen MR) is 39.3 cm³/mol. The summed E-state index contributed by atoms with van der Waals surface area (Å²) in [6.45, 7) is 0. The van der Waals surface area contributed by atoms with Crippen LogP contribution in [0.2, 0.25) is 5.02 Å².